The average Bonchev–Trinajstić information content (AvgIpc) is 2.62. The number of para-hydroxylation sites is 1. The highest BCUT2D eigenvalue weighted by molar-refractivity contribution is 8.01. The molecule has 7 heteroatoms. The number of carbonyl (C=O) groups excluding carboxylic acids is 3. The van der Waals surface area contributed by atoms with Gasteiger partial charge in [0.25, 0.3) is 5.91 Å². The Morgan fingerprint density at radius 2 is 1.84 bits per heavy atom. The third kappa shape index (κ3) is 4.00. The second-order valence-corrected chi connectivity index (χ2v) is 6.75. The molecule has 1 heterocycles. The van der Waals surface area contributed by atoms with Gasteiger partial charge in [-0.05, 0) is 36.4 Å². The summed E-state index contributed by atoms with van der Waals surface area (Å²) in [6.07, 6.45) is 0.0715. The fourth-order valence-corrected chi connectivity index (χ4v) is 3.57. The third-order valence-electron chi connectivity index (χ3n) is 3.74. The van der Waals surface area contributed by atoms with E-state index in [0.717, 1.165) is 10.6 Å². The lowest BCUT2D eigenvalue weighted by Crippen LogP contribution is -2.32. The van der Waals surface area contributed by atoms with Gasteiger partial charge in [0.05, 0.1) is 10.9 Å². The van der Waals surface area contributed by atoms with Gasteiger partial charge in [-0.3, -0.25) is 14.4 Å². The summed E-state index contributed by atoms with van der Waals surface area (Å²) in [7, 11) is 1.56. The monoisotopic (exact) mass is 355 g/mol. The number of carbonyl (C=O) groups is 3. The number of rotatable bonds is 4. The Balaban J connectivity index is 1.61. The first kappa shape index (κ1) is 17.0. The summed E-state index contributed by atoms with van der Waals surface area (Å²) < 4.78 is 0. The van der Waals surface area contributed by atoms with Crippen LogP contribution in [0.15, 0.2) is 53.4 Å². The van der Waals surface area contributed by atoms with Crippen molar-refractivity contribution < 1.29 is 14.4 Å². The quantitative estimate of drug-likeness (QED) is 0.786. The van der Waals surface area contributed by atoms with Gasteiger partial charge < -0.3 is 16.0 Å². The Hall–Kier alpha value is -2.80. The van der Waals surface area contributed by atoms with E-state index in [1.165, 1.54) is 11.8 Å². The fraction of sp³-hybridized carbons (Fsp3) is 0.167. The number of nitrogens with one attached hydrogen (secondary N) is 3. The van der Waals surface area contributed by atoms with Crippen molar-refractivity contribution in [3.63, 3.8) is 0 Å². The minimum absolute atomic E-state index is 0.0715. The first-order valence-electron chi connectivity index (χ1n) is 7.75. The Labute approximate surface area is 149 Å². The summed E-state index contributed by atoms with van der Waals surface area (Å²) in [6.45, 7) is 0. The molecule has 0 saturated carbocycles. The van der Waals surface area contributed by atoms with Crippen molar-refractivity contribution >= 4 is 40.9 Å². The Kier molecular flexibility index (Phi) is 5.04. The molecule has 2 aromatic rings. The summed E-state index contributed by atoms with van der Waals surface area (Å²) in [4.78, 5) is 36.8. The normalized spacial score (nSPS) is 15.7. The molecule has 0 spiro atoms. The molecule has 0 saturated heterocycles. The van der Waals surface area contributed by atoms with Gasteiger partial charge in [0.1, 0.15) is 0 Å². The van der Waals surface area contributed by atoms with Crippen molar-refractivity contribution in [2.24, 2.45) is 0 Å². The van der Waals surface area contributed by atoms with Crippen molar-refractivity contribution in [3.05, 3.63) is 54.1 Å². The smallest absolute Gasteiger partial charge is 0.251 e. The average molecular weight is 355 g/mol. The summed E-state index contributed by atoms with van der Waals surface area (Å²) in [6, 6.07) is 14.1. The SMILES string of the molecule is CNC(=O)c1ccc(NC(=O)CC2Sc3ccccc3NC2=O)cc1. The van der Waals surface area contributed by atoms with E-state index in [0.29, 0.717) is 11.3 Å². The summed E-state index contributed by atoms with van der Waals surface area (Å²) in [5, 5.41) is 7.64. The molecule has 0 radical (unpaired) electrons. The number of hydrogen-bond donors (Lipinski definition) is 3. The van der Waals surface area contributed by atoms with Gasteiger partial charge in [-0.1, -0.05) is 12.1 Å². The van der Waals surface area contributed by atoms with Crippen LogP contribution < -0.4 is 16.0 Å². The molecule has 3 amide bonds. The van der Waals surface area contributed by atoms with E-state index < -0.39 is 5.25 Å². The summed E-state index contributed by atoms with van der Waals surface area (Å²) >= 11 is 1.39. The molecule has 0 fully saturated rings. The van der Waals surface area contributed by atoms with Crippen molar-refractivity contribution in [2.75, 3.05) is 17.7 Å². The molecule has 2 aromatic carbocycles. The van der Waals surface area contributed by atoms with Gasteiger partial charge in [-0.2, -0.15) is 0 Å². The van der Waals surface area contributed by atoms with Crippen LogP contribution in [0.2, 0.25) is 0 Å². The number of fused-ring (bicyclic) bond motifs is 1. The predicted octanol–water partition coefficient (Wildman–Crippen LogP) is 2.49. The molecule has 1 aliphatic heterocycles. The van der Waals surface area contributed by atoms with E-state index in [4.69, 9.17) is 0 Å². The number of amides is 3. The van der Waals surface area contributed by atoms with Crippen LogP contribution in [0.3, 0.4) is 0 Å². The van der Waals surface area contributed by atoms with E-state index in [1.807, 2.05) is 24.3 Å². The van der Waals surface area contributed by atoms with E-state index in [2.05, 4.69) is 16.0 Å². The molecule has 0 aliphatic carbocycles. The minimum Gasteiger partial charge on any atom is -0.355 e. The predicted molar refractivity (Wildman–Crippen MR) is 97.8 cm³/mol. The molecular formula is C18H17N3O3S. The molecule has 1 atom stereocenters. The molecule has 1 unspecified atom stereocenters. The molecular weight excluding hydrogens is 338 g/mol. The molecule has 0 bridgehead atoms. The van der Waals surface area contributed by atoms with Gasteiger partial charge in [0, 0.05) is 29.6 Å². The maximum atomic E-state index is 12.2. The van der Waals surface area contributed by atoms with Crippen molar-refractivity contribution in [3.8, 4) is 0 Å². The molecule has 25 heavy (non-hydrogen) atoms. The van der Waals surface area contributed by atoms with Gasteiger partial charge >= 0.3 is 0 Å². The zero-order chi connectivity index (χ0) is 17.8. The fourth-order valence-electron chi connectivity index (χ4n) is 2.46. The molecule has 1 aliphatic rings. The second kappa shape index (κ2) is 7.40. The zero-order valence-electron chi connectivity index (χ0n) is 13.5. The Bertz CT molecular complexity index is 821. The largest absolute Gasteiger partial charge is 0.355 e. The lowest BCUT2D eigenvalue weighted by Gasteiger charge is -2.23. The summed E-state index contributed by atoms with van der Waals surface area (Å²) in [5.41, 5.74) is 1.87. The topological polar surface area (TPSA) is 87.3 Å². The van der Waals surface area contributed by atoms with Gasteiger partial charge in [-0.25, -0.2) is 0 Å². The molecule has 128 valence electrons. The van der Waals surface area contributed by atoms with Crippen molar-refractivity contribution in [1.82, 2.24) is 5.32 Å². The van der Waals surface area contributed by atoms with Crippen LogP contribution in [0.1, 0.15) is 16.8 Å². The van der Waals surface area contributed by atoms with Gasteiger partial charge in [0.2, 0.25) is 11.8 Å². The molecule has 0 aromatic heterocycles. The van der Waals surface area contributed by atoms with Crippen molar-refractivity contribution in [2.45, 2.75) is 16.6 Å². The highest BCUT2D eigenvalue weighted by atomic mass is 32.2. The van der Waals surface area contributed by atoms with Gasteiger partial charge in [0.15, 0.2) is 0 Å². The third-order valence-corrected chi connectivity index (χ3v) is 5.01. The first-order valence-corrected chi connectivity index (χ1v) is 8.63. The molecule has 3 rings (SSSR count). The van der Waals surface area contributed by atoms with Crippen LogP contribution in [0.25, 0.3) is 0 Å². The van der Waals surface area contributed by atoms with E-state index >= 15 is 0 Å². The van der Waals surface area contributed by atoms with Crippen LogP contribution in [0, 0.1) is 0 Å². The maximum Gasteiger partial charge on any atom is 0.251 e. The first-order chi connectivity index (χ1) is 12.1. The molecule has 6 nitrogen and oxygen atoms in total. The number of hydrogen-bond acceptors (Lipinski definition) is 4. The molecule has 3 N–H and O–H groups in total. The highest BCUT2D eigenvalue weighted by Crippen LogP contribution is 2.36. The van der Waals surface area contributed by atoms with E-state index in [1.54, 1.807) is 31.3 Å². The van der Waals surface area contributed by atoms with Crippen molar-refractivity contribution in [1.29, 1.82) is 0 Å². The second-order valence-electron chi connectivity index (χ2n) is 5.50. The summed E-state index contributed by atoms with van der Waals surface area (Å²) in [5.74, 6) is -0.611. The van der Waals surface area contributed by atoms with Gasteiger partial charge in [-0.15, -0.1) is 11.8 Å². The number of thioether (sulfide) groups is 1. The highest BCUT2D eigenvalue weighted by Gasteiger charge is 2.28. The van der Waals surface area contributed by atoms with E-state index in [-0.39, 0.29) is 24.1 Å². The minimum atomic E-state index is -0.472. The van der Waals surface area contributed by atoms with Crippen LogP contribution in [-0.4, -0.2) is 30.0 Å². The van der Waals surface area contributed by atoms with E-state index in [9.17, 15) is 14.4 Å². The van der Waals surface area contributed by atoms with Crippen LogP contribution in [0.5, 0.6) is 0 Å². The number of anilines is 2. The van der Waals surface area contributed by atoms with Crippen LogP contribution >= 0.6 is 11.8 Å². The number of benzene rings is 2. The Morgan fingerprint density at radius 1 is 1.12 bits per heavy atom. The maximum absolute atomic E-state index is 12.2. The standard InChI is InChI=1S/C18H17N3O3S/c1-19-17(23)11-6-8-12(9-7-11)20-16(22)10-15-18(24)21-13-4-2-3-5-14(13)25-15/h2-9,15H,10H2,1H3,(H,19,23)(H,20,22)(H,21,24). The lowest BCUT2D eigenvalue weighted by molar-refractivity contribution is -0.120. The van der Waals surface area contributed by atoms with Crippen LogP contribution in [-0.2, 0) is 9.59 Å². The zero-order valence-corrected chi connectivity index (χ0v) is 14.4. The Morgan fingerprint density at radius 3 is 2.56 bits per heavy atom. The lowest BCUT2D eigenvalue weighted by atomic mass is 10.2. The van der Waals surface area contributed by atoms with Crippen LogP contribution in [0.4, 0.5) is 11.4 Å².